The third kappa shape index (κ3) is 2.58. The zero-order valence-electron chi connectivity index (χ0n) is 9.28. The van der Waals surface area contributed by atoms with Crippen molar-refractivity contribution in [1.82, 2.24) is 5.32 Å². The number of aldehydes is 1. The first kappa shape index (κ1) is 11.9. The molecule has 2 rings (SSSR count). The molecule has 0 atom stereocenters. The predicted molar refractivity (Wildman–Crippen MR) is 66.7 cm³/mol. The van der Waals surface area contributed by atoms with Crippen molar-refractivity contribution in [1.29, 1.82) is 0 Å². The van der Waals surface area contributed by atoms with Gasteiger partial charge in [-0.1, -0.05) is 17.7 Å². The molecule has 1 aromatic carbocycles. The molecule has 0 aromatic heterocycles. The lowest BCUT2D eigenvalue weighted by Crippen LogP contribution is -2.33. The Bertz CT molecular complexity index is 448. The van der Waals surface area contributed by atoms with Crippen LogP contribution in [0.3, 0.4) is 0 Å². The van der Waals surface area contributed by atoms with Crippen LogP contribution >= 0.6 is 11.6 Å². The van der Waals surface area contributed by atoms with Crippen LogP contribution in [-0.4, -0.2) is 31.8 Å². The van der Waals surface area contributed by atoms with Crippen molar-refractivity contribution in [2.75, 3.05) is 24.5 Å². The molecule has 1 saturated heterocycles. The smallest absolute Gasteiger partial charge is 0.239 e. The number of hydrogen-bond donors (Lipinski definition) is 1. The van der Waals surface area contributed by atoms with E-state index in [1.165, 1.54) is 0 Å². The summed E-state index contributed by atoms with van der Waals surface area (Å²) in [6.07, 6.45) is 1.61. The molecule has 1 aliphatic heterocycles. The zero-order valence-corrected chi connectivity index (χ0v) is 10.0. The maximum absolute atomic E-state index is 11.5. The van der Waals surface area contributed by atoms with Gasteiger partial charge in [0.2, 0.25) is 5.91 Å². The number of nitrogens with one attached hydrogen (secondary N) is 1. The minimum Gasteiger partial charge on any atom is -0.360 e. The summed E-state index contributed by atoms with van der Waals surface area (Å²) in [6.45, 7) is 1.62. The van der Waals surface area contributed by atoms with Crippen LogP contribution in [0.15, 0.2) is 18.2 Å². The first-order chi connectivity index (χ1) is 8.22. The van der Waals surface area contributed by atoms with Gasteiger partial charge in [-0.15, -0.1) is 0 Å². The van der Waals surface area contributed by atoms with Crippen LogP contribution in [-0.2, 0) is 4.79 Å². The summed E-state index contributed by atoms with van der Waals surface area (Å²) in [5, 5.41) is 3.29. The van der Waals surface area contributed by atoms with Gasteiger partial charge >= 0.3 is 0 Å². The summed E-state index contributed by atoms with van der Waals surface area (Å²) in [4.78, 5) is 24.4. The Labute approximate surface area is 105 Å². The third-order valence-electron chi connectivity index (χ3n) is 2.72. The Hall–Kier alpha value is -1.55. The fourth-order valence-corrected chi connectivity index (χ4v) is 2.26. The fourth-order valence-electron chi connectivity index (χ4n) is 1.96. The van der Waals surface area contributed by atoms with Crippen LogP contribution in [0.1, 0.15) is 16.8 Å². The first-order valence-electron chi connectivity index (χ1n) is 5.47. The molecule has 1 amide bonds. The van der Waals surface area contributed by atoms with Crippen LogP contribution in [0.25, 0.3) is 0 Å². The molecule has 1 fully saturated rings. The quantitative estimate of drug-likeness (QED) is 0.811. The number of amides is 1. The molecule has 4 nitrogen and oxygen atoms in total. The Kier molecular flexibility index (Phi) is 3.64. The molecule has 0 radical (unpaired) electrons. The van der Waals surface area contributed by atoms with Crippen molar-refractivity contribution in [3.63, 3.8) is 0 Å². The van der Waals surface area contributed by atoms with Crippen LogP contribution in [0.4, 0.5) is 5.69 Å². The number of carbonyl (C=O) groups is 2. The van der Waals surface area contributed by atoms with Gasteiger partial charge in [-0.05, 0) is 18.6 Å². The van der Waals surface area contributed by atoms with E-state index in [1.807, 2.05) is 4.90 Å². The van der Waals surface area contributed by atoms with E-state index in [1.54, 1.807) is 18.2 Å². The van der Waals surface area contributed by atoms with E-state index in [2.05, 4.69) is 5.32 Å². The number of nitrogens with zero attached hydrogens (tertiary/aromatic N) is 1. The topological polar surface area (TPSA) is 49.4 Å². The molecule has 90 valence electrons. The monoisotopic (exact) mass is 252 g/mol. The number of para-hydroxylation sites is 1. The number of hydrogen-bond acceptors (Lipinski definition) is 3. The highest BCUT2D eigenvalue weighted by Crippen LogP contribution is 2.29. The number of halogens is 1. The van der Waals surface area contributed by atoms with Gasteiger partial charge in [-0.3, -0.25) is 9.59 Å². The summed E-state index contributed by atoms with van der Waals surface area (Å²) in [5.74, 6) is -0.0423. The highest BCUT2D eigenvalue weighted by atomic mass is 35.5. The van der Waals surface area contributed by atoms with Gasteiger partial charge in [0, 0.05) is 18.7 Å². The lowest BCUT2D eigenvalue weighted by atomic mass is 10.1. The van der Waals surface area contributed by atoms with Crippen molar-refractivity contribution >= 4 is 29.5 Å². The maximum atomic E-state index is 11.5. The highest BCUT2D eigenvalue weighted by molar-refractivity contribution is 6.34. The molecular formula is C12H13ClN2O2. The molecule has 0 bridgehead atoms. The first-order valence-corrected chi connectivity index (χ1v) is 5.85. The third-order valence-corrected chi connectivity index (χ3v) is 3.03. The molecule has 0 unspecified atom stereocenters. The summed E-state index contributed by atoms with van der Waals surface area (Å²) < 4.78 is 0. The van der Waals surface area contributed by atoms with Crippen molar-refractivity contribution < 1.29 is 9.59 Å². The van der Waals surface area contributed by atoms with E-state index in [4.69, 9.17) is 11.6 Å². The number of rotatable bonds is 2. The fraction of sp³-hybridized carbons (Fsp3) is 0.333. The normalized spacial score (nSPS) is 16.3. The van der Waals surface area contributed by atoms with E-state index in [9.17, 15) is 9.59 Å². The van der Waals surface area contributed by atoms with Gasteiger partial charge in [0.25, 0.3) is 0 Å². The number of benzene rings is 1. The maximum Gasteiger partial charge on any atom is 0.239 e. The zero-order chi connectivity index (χ0) is 12.3. The van der Waals surface area contributed by atoms with Crippen molar-refractivity contribution in [3.8, 4) is 0 Å². The Morgan fingerprint density at radius 3 is 3.00 bits per heavy atom. The lowest BCUT2D eigenvalue weighted by Gasteiger charge is -2.23. The van der Waals surface area contributed by atoms with Gasteiger partial charge in [0.15, 0.2) is 6.29 Å². The average molecular weight is 253 g/mol. The molecule has 5 heteroatoms. The van der Waals surface area contributed by atoms with Crippen molar-refractivity contribution in [3.05, 3.63) is 28.8 Å². The predicted octanol–water partition coefficient (Wildman–Crippen LogP) is 1.48. The van der Waals surface area contributed by atoms with E-state index < -0.39 is 0 Å². The second kappa shape index (κ2) is 5.19. The SMILES string of the molecule is O=Cc1cccc(Cl)c1N1CCCNC(=O)C1. The molecule has 1 aromatic rings. The van der Waals surface area contributed by atoms with E-state index in [0.29, 0.717) is 29.4 Å². The summed E-state index contributed by atoms with van der Waals surface area (Å²) in [7, 11) is 0. The highest BCUT2D eigenvalue weighted by Gasteiger charge is 2.19. The van der Waals surface area contributed by atoms with Crippen LogP contribution in [0.5, 0.6) is 0 Å². The number of carbonyl (C=O) groups excluding carboxylic acids is 2. The molecule has 1 heterocycles. The molecule has 17 heavy (non-hydrogen) atoms. The largest absolute Gasteiger partial charge is 0.360 e. The van der Waals surface area contributed by atoms with E-state index >= 15 is 0 Å². The molecular weight excluding hydrogens is 240 g/mol. The van der Waals surface area contributed by atoms with Crippen LogP contribution in [0, 0.1) is 0 Å². The second-order valence-corrected chi connectivity index (χ2v) is 4.33. The van der Waals surface area contributed by atoms with E-state index in [0.717, 1.165) is 12.7 Å². The minimum atomic E-state index is -0.0423. The molecule has 0 aliphatic carbocycles. The molecule has 1 aliphatic rings. The minimum absolute atomic E-state index is 0.0423. The number of anilines is 1. The van der Waals surface area contributed by atoms with Crippen LogP contribution < -0.4 is 10.2 Å². The lowest BCUT2D eigenvalue weighted by molar-refractivity contribution is -0.119. The van der Waals surface area contributed by atoms with Gasteiger partial charge in [0.05, 0.1) is 17.3 Å². The Balaban J connectivity index is 2.37. The van der Waals surface area contributed by atoms with E-state index in [-0.39, 0.29) is 12.5 Å². The standard InChI is InChI=1S/C12H13ClN2O2/c13-10-4-1-3-9(8-16)12(10)15-6-2-5-14-11(17)7-15/h1,3-4,8H,2,5-7H2,(H,14,17). The van der Waals surface area contributed by atoms with Crippen molar-refractivity contribution in [2.24, 2.45) is 0 Å². The Morgan fingerprint density at radius 1 is 1.41 bits per heavy atom. The van der Waals surface area contributed by atoms with Gasteiger partial charge in [-0.25, -0.2) is 0 Å². The van der Waals surface area contributed by atoms with Crippen molar-refractivity contribution in [2.45, 2.75) is 6.42 Å². The Morgan fingerprint density at radius 2 is 2.24 bits per heavy atom. The molecule has 0 saturated carbocycles. The van der Waals surface area contributed by atoms with Gasteiger partial charge in [0.1, 0.15) is 0 Å². The summed E-state index contributed by atoms with van der Waals surface area (Å²) in [6, 6.07) is 5.16. The summed E-state index contributed by atoms with van der Waals surface area (Å²) in [5.41, 5.74) is 1.17. The molecule has 0 spiro atoms. The van der Waals surface area contributed by atoms with Gasteiger partial charge in [-0.2, -0.15) is 0 Å². The van der Waals surface area contributed by atoms with Crippen LogP contribution in [0.2, 0.25) is 5.02 Å². The van der Waals surface area contributed by atoms with Gasteiger partial charge < -0.3 is 10.2 Å². The summed E-state index contributed by atoms with van der Waals surface area (Å²) >= 11 is 6.11. The molecule has 1 N–H and O–H groups in total. The second-order valence-electron chi connectivity index (χ2n) is 3.92. The average Bonchev–Trinajstić information content (AvgIpc) is 2.53.